The number of fused-ring (bicyclic) bond motifs is 2. The zero-order chi connectivity index (χ0) is 20.9. The summed E-state index contributed by atoms with van der Waals surface area (Å²) >= 11 is 4.60. The molecule has 0 aromatic heterocycles. The fourth-order valence-corrected chi connectivity index (χ4v) is 4.74. The van der Waals surface area contributed by atoms with E-state index in [1.807, 2.05) is 49.1 Å². The van der Waals surface area contributed by atoms with Crippen LogP contribution < -0.4 is 4.31 Å². The second kappa shape index (κ2) is 9.68. The fourth-order valence-electron chi connectivity index (χ4n) is 4.29. The first-order valence-electron chi connectivity index (χ1n) is 10.3. The molecule has 1 fully saturated rings. The van der Waals surface area contributed by atoms with E-state index in [1.54, 1.807) is 7.11 Å². The molecule has 5 heteroatoms. The molecule has 4 nitrogen and oxygen atoms in total. The third-order valence-electron chi connectivity index (χ3n) is 5.89. The number of amides is 1. The summed E-state index contributed by atoms with van der Waals surface area (Å²) in [6.07, 6.45) is 2.08. The number of thiol groups is 1. The maximum atomic E-state index is 12.1. The number of piperidine rings is 1. The molecule has 2 aromatic rings. The molecule has 0 bridgehead atoms. The Hall–Kier alpha value is -1.98. The Bertz CT molecular complexity index is 802. The van der Waals surface area contributed by atoms with Gasteiger partial charge in [-0.25, -0.2) is 0 Å². The smallest absolute Gasteiger partial charge is 0.225 e. The van der Waals surface area contributed by atoms with Crippen molar-refractivity contribution in [1.29, 1.82) is 0 Å². The standard InChI is InChI=1S/C16H22N2OS.C8H10O/c1-12(2)15(19)17-9-7-16(8-10-17)11-18(20)14-6-4-3-5-13(14)16;1-9-7-8-5-3-2-4-6-8/h3-6,12,20H,7-11H2,1-2H3;2-6H,7H2,1H3. The van der Waals surface area contributed by atoms with Crippen molar-refractivity contribution in [2.45, 2.75) is 38.7 Å². The van der Waals surface area contributed by atoms with E-state index >= 15 is 0 Å². The van der Waals surface area contributed by atoms with Gasteiger partial charge in [-0.05, 0) is 30.0 Å². The van der Waals surface area contributed by atoms with Gasteiger partial charge >= 0.3 is 0 Å². The molecule has 0 radical (unpaired) electrons. The molecule has 0 atom stereocenters. The van der Waals surface area contributed by atoms with Gasteiger partial charge in [0.2, 0.25) is 5.91 Å². The predicted octanol–water partition coefficient (Wildman–Crippen LogP) is 4.70. The van der Waals surface area contributed by atoms with Crippen LogP contribution in [0, 0.1) is 5.92 Å². The second-order valence-corrected chi connectivity index (χ2v) is 8.74. The molecule has 0 saturated carbocycles. The number of ether oxygens (including phenoxy) is 1. The van der Waals surface area contributed by atoms with E-state index in [4.69, 9.17) is 4.74 Å². The minimum absolute atomic E-state index is 0.0984. The van der Waals surface area contributed by atoms with Crippen molar-refractivity contribution in [3.05, 3.63) is 65.7 Å². The minimum Gasteiger partial charge on any atom is -0.380 e. The molecule has 1 amide bonds. The molecule has 0 unspecified atom stereocenters. The lowest BCUT2D eigenvalue weighted by Crippen LogP contribution is -2.47. The van der Waals surface area contributed by atoms with Gasteiger partial charge in [0.05, 0.1) is 12.3 Å². The highest BCUT2D eigenvalue weighted by Gasteiger charge is 2.44. The van der Waals surface area contributed by atoms with E-state index in [2.05, 4.69) is 41.4 Å². The third-order valence-corrected chi connectivity index (χ3v) is 6.24. The molecule has 29 heavy (non-hydrogen) atoms. The van der Waals surface area contributed by atoms with Crippen LogP contribution >= 0.6 is 12.8 Å². The molecular weight excluding hydrogens is 380 g/mol. The third kappa shape index (κ3) is 4.96. The highest BCUT2D eigenvalue weighted by atomic mass is 32.1. The molecule has 156 valence electrons. The van der Waals surface area contributed by atoms with Crippen LogP contribution in [0.2, 0.25) is 0 Å². The number of hydrogen-bond donors (Lipinski definition) is 1. The average molecular weight is 413 g/mol. The van der Waals surface area contributed by atoms with Crippen LogP contribution in [0.15, 0.2) is 54.6 Å². The molecular formula is C24H32N2O2S. The maximum Gasteiger partial charge on any atom is 0.225 e. The number of nitrogens with zero attached hydrogens (tertiary/aromatic N) is 2. The second-order valence-electron chi connectivity index (χ2n) is 8.25. The van der Waals surface area contributed by atoms with Gasteiger partial charge in [0.25, 0.3) is 0 Å². The molecule has 1 spiro atoms. The van der Waals surface area contributed by atoms with Crippen molar-refractivity contribution in [3.8, 4) is 0 Å². The lowest BCUT2D eigenvalue weighted by Gasteiger charge is -2.40. The number of likely N-dealkylation sites (tertiary alicyclic amines) is 1. The zero-order valence-electron chi connectivity index (χ0n) is 17.7. The zero-order valence-corrected chi connectivity index (χ0v) is 18.6. The molecule has 0 aliphatic carbocycles. The molecule has 2 heterocycles. The Labute approximate surface area is 180 Å². The van der Waals surface area contributed by atoms with E-state index in [0.29, 0.717) is 6.61 Å². The van der Waals surface area contributed by atoms with Gasteiger partial charge < -0.3 is 13.9 Å². The van der Waals surface area contributed by atoms with Crippen molar-refractivity contribution in [2.75, 3.05) is 31.0 Å². The maximum absolute atomic E-state index is 12.1. The lowest BCUT2D eigenvalue weighted by molar-refractivity contribution is -0.136. The van der Waals surface area contributed by atoms with Gasteiger partial charge in [0, 0.05) is 38.1 Å². The predicted molar refractivity (Wildman–Crippen MR) is 122 cm³/mol. The topological polar surface area (TPSA) is 32.8 Å². The first kappa shape index (κ1) is 21.7. The summed E-state index contributed by atoms with van der Waals surface area (Å²) < 4.78 is 6.99. The van der Waals surface area contributed by atoms with Crippen LogP contribution in [0.4, 0.5) is 5.69 Å². The van der Waals surface area contributed by atoms with Gasteiger partial charge in [0.15, 0.2) is 0 Å². The Kier molecular flexibility index (Phi) is 7.25. The molecule has 2 aliphatic heterocycles. The Morgan fingerprint density at radius 2 is 1.69 bits per heavy atom. The quantitative estimate of drug-likeness (QED) is 0.742. The summed E-state index contributed by atoms with van der Waals surface area (Å²) in [5, 5.41) is 0. The first-order chi connectivity index (χ1) is 14.0. The molecule has 4 rings (SSSR count). The lowest BCUT2D eigenvalue weighted by atomic mass is 9.74. The number of anilines is 1. The highest BCUT2D eigenvalue weighted by Crippen LogP contribution is 2.47. The number of carbonyl (C=O) groups is 1. The van der Waals surface area contributed by atoms with Gasteiger partial charge in [-0.1, -0.05) is 75.2 Å². The van der Waals surface area contributed by atoms with Crippen LogP contribution in [0.25, 0.3) is 0 Å². The van der Waals surface area contributed by atoms with Crippen LogP contribution in [-0.4, -0.2) is 37.6 Å². The van der Waals surface area contributed by atoms with E-state index in [0.717, 1.165) is 32.5 Å². The first-order valence-corrected chi connectivity index (χ1v) is 10.7. The van der Waals surface area contributed by atoms with Crippen molar-refractivity contribution in [3.63, 3.8) is 0 Å². The molecule has 0 N–H and O–H groups in total. The fraction of sp³-hybridized carbons (Fsp3) is 0.458. The van der Waals surface area contributed by atoms with Gasteiger partial charge in [0.1, 0.15) is 0 Å². The van der Waals surface area contributed by atoms with E-state index in [9.17, 15) is 4.79 Å². The van der Waals surface area contributed by atoms with Gasteiger partial charge in [-0.3, -0.25) is 4.79 Å². The van der Waals surface area contributed by atoms with Crippen LogP contribution in [-0.2, 0) is 21.6 Å². The largest absolute Gasteiger partial charge is 0.380 e. The summed E-state index contributed by atoms with van der Waals surface area (Å²) in [6, 6.07) is 18.7. The van der Waals surface area contributed by atoms with Crippen LogP contribution in [0.5, 0.6) is 0 Å². The number of rotatable bonds is 3. The number of benzene rings is 2. The van der Waals surface area contributed by atoms with E-state index in [-0.39, 0.29) is 17.2 Å². The summed E-state index contributed by atoms with van der Waals surface area (Å²) in [5.41, 5.74) is 4.05. The summed E-state index contributed by atoms with van der Waals surface area (Å²) in [4.78, 5) is 14.1. The van der Waals surface area contributed by atoms with E-state index in [1.165, 1.54) is 16.8 Å². The Morgan fingerprint density at radius 3 is 2.31 bits per heavy atom. The Balaban J connectivity index is 0.000000224. The molecule has 1 saturated heterocycles. The monoisotopic (exact) mass is 412 g/mol. The summed E-state index contributed by atoms with van der Waals surface area (Å²) in [5.74, 6) is 0.384. The average Bonchev–Trinajstić information content (AvgIpc) is 3.01. The minimum atomic E-state index is 0.0984. The SMILES string of the molecule is CC(C)C(=O)N1CCC2(CC1)CN(S)c1ccccc12.COCc1ccccc1. The number of carbonyl (C=O) groups excluding carboxylic acids is 1. The van der Waals surface area contributed by atoms with Crippen molar-refractivity contribution in [2.24, 2.45) is 5.92 Å². The normalized spacial score (nSPS) is 17.1. The molecule has 2 aromatic carbocycles. The van der Waals surface area contributed by atoms with Crippen LogP contribution in [0.1, 0.15) is 37.8 Å². The summed E-state index contributed by atoms with van der Waals surface area (Å²) in [6.45, 7) is 7.36. The highest BCUT2D eigenvalue weighted by molar-refractivity contribution is 7.81. The van der Waals surface area contributed by atoms with E-state index < -0.39 is 0 Å². The van der Waals surface area contributed by atoms with Crippen molar-refractivity contribution >= 4 is 24.4 Å². The number of hydrogen-bond acceptors (Lipinski definition) is 4. The molecule has 2 aliphatic rings. The number of para-hydroxylation sites is 1. The summed E-state index contributed by atoms with van der Waals surface area (Å²) in [7, 11) is 1.70. The Morgan fingerprint density at radius 1 is 1.07 bits per heavy atom. The van der Waals surface area contributed by atoms with Crippen molar-refractivity contribution in [1.82, 2.24) is 4.90 Å². The number of methoxy groups -OCH3 is 1. The van der Waals surface area contributed by atoms with Gasteiger partial charge in [-0.15, -0.1) is 0 Å². The van der Waals surface area contributed by atoms with Crippen LogP contribution in [0.3, 0.4) is 0 Å². The van der Waals surface area contributed by atoms with Gasteiger partial charge in [-0.2, -0.15) is 0 Å². The van der Waals surface area contributed by atoms with Crippen molar-refractivity contribution < 1.29 is 9.53 Å².